The first-order chi connectivity index (χ1) is 11.7. The van der Waals surface area contributed by atoms with Crippen LogP contribution in [0.1, 0.15) is 0 Å². The normalized spacial score (nSPS) is 10.2. The molecule has 0 spiro atoms. The Morgan fingerprint density at radius 1 is 0.833 bits per heavy atom. The first-order valence-electron chi connectivity index (χ1n) is 7.46. The quantitative estimate of drug-likeness (QED) is 0.454. The number of ether oxygens (including phenoxy) is 2. The van der Waals surface area contributed by atoms with Gasteiger partial charge in [0.25, 0.3) is 0 Å². The number of benzene rings is 3. The summed E-state index contributed by atoms with van der Waals surface area (Å²) in [5.41, 5.74) is 2.19. The van der Waals surface area contributed by atoms with Crippen molar-refractivity contribution in [3.8, 4) is 22.6 Å². The predicted octanol–water partition coefficient (Wildman–Crippen LogP) is 5.10. The van der Waals surface area contributed by atoms with Gasteiger partial charge in [0.15, 0.2) is 6.61 Å². The third-order valence-electron chi connectivity index (χ3n) is 3.36. The zero-order valence-electron chi connectivity index (χ0n) is 12.8. The summed E-state index contributed by atoms with van der Waals surface area (Å²) >= 11 is 3.48. The maximum Gasteiger partial charge on any atom is 0.349 e. The Bertz CT molecular complexity index is 817. The fourth-order valence-electron chi connectivity index (χ4n) is 2.21. The molecular weight excluding hydrogens is 368 g/mol. The number of carbonyl (C=O) groups excluding carboxylic acids is 1. The van der Waals surface area contributed by atoms with Crippen LogP contribution in [0.25, 0.3) is 11.1 Å². The highest BCUT2D eigenvalue weighted by Crippen LogP contribution is 2.30. The number of carbonyl (C=O) groups is 1. The van der Waals surface area contributed by atoms with Crippen LogP contribution in [0.3, 0.4) is 0 Å². The van der Waals surface area contributed by atoms with Crippen LogP contribution in [0, 0.1) is 0 Å². The predicted molar refractivity (Wildman–Crippen MR) is 97.2 cm³/mol. The van der Waals surface area contributed by atoms with Gasteiger partial charge in [-0.15, -0.1) is 0 Å². The van der Waals surface area contributed by atoms with E-state index >= 15 is 0 Å². The lowest BCUT2D eigenvalue weighted by atomic mass is 10.1. The summed E-state index contributed by atoms with van der Waals surface area (Å²) in [6.45, 7) is -0.155. The van der Waals surface area contributed by atoms with E-state index < -0.39 is 5.97 Å². The first kappa shape index (κ1) is 16.3. The smallest absolute Gasteiger partial charge is 0.349 e. The van der Waals surface area contributed by atoms with Gasteiger partial charge in [0.1, 0.15) is 11.5 Å². The highest BCUT2D eigenvalue weighted by molar-refractivity contribution is 9.10. The molecule has 3 nitrogen and oxygen atoms in total. The number of hydrogen-bond acceptors (Lipinski definition) is 3. The summed E-state index contributed by atoms with van der Waals surface area (Å²) in [5, 5.41) is 0. The molecule has 4 heteroatoms. The molecule has 0 heterocycles. The highest BCUT2D eigenvalue weighted by atomic mass is 79.9. The fraction of sp³-hybridized carbons (Fsp3) is 0.0500. The SMILES string of the molecule is O=C(COc1ccc(-c2ccccc2)cc1Br)Oc1ccccc1. The van der Waals surface area contributed by atoms with Crippen molar-refractivity contribution in [3.63, 3.8) is 0 Å². The third kappa shape index (κ3) is 4.24. The lowest BCUT2D eigenvalue weighted by Crippen LogP contribution is -2.17. The Morgan fingerprint density at radius 3 is 2.17 bits per heavy atom. The number of para-hydroxylation sites is 1. The Kier molecular flexibility index (Phi) is 5.29. The Labute approximate surface area is 149 Å². The lowest BCUT2D eigenvalue weighted by Gasteiger charge is -2.10. The van der Waals surface area contributed by atoms with Crippen LogP contribution in [0.5, 0.6) is 11.5 Å². The summed E-state index contributed by atoms with van der Waals surface area (Å²) in [6, 6.07) is 24.7. The van der Waals surface area contributed by atoms with Gasteiger partial charge in [-0.05, 0) is 51.3 Å². The molecular formula is C20H15BrO3. The minimum atomic E-state index is -0.444. The molecule has 3 rings (SSSR count). The van der Waals surface area contributed by atoms with Gasteiger partial charge in [-0.2, -0.15) is 0 Å². The maximum absolute atomic E-state index is 11.8. The van der Waals surface area contributed by atoms with Gasteiger partial charge in [0, 0.05) is 0 Å². The van der Waals surface area contributed by atoms with Gasteiger partial charge < -0.3 is 9.47 Å². The molecule has 120 valence electrons. The number of hydrogen-bond donors (Lipinski definition) is 0. The number of esters is 1. The van der Waals surface area contributed by atoms with E-state index in [2.05, 4.69) is 15.9 Å². The summed E-state index contributed by atoms with van der Waals surface area (Å²) < 4.78 is 11.5. The van der Waals surface area contributed by atoms with E-state index in [1.54, 1.807) is 12.1 Å². The molecule has 0 fully saturated rings. The van der Waals surface area contributed by atoms with Crippen molar-refractivity contribution in [1.29, 1.82) is 0 Å². The Balaban J connectivity index is 1.62. The zero-order valence-corrected chi connectivity index (χ0v) is 14.4. The second-order valence-corrected chi connectivity index (χ2v) is 5.94. The van der Waals surface area contributed by atoms with E-state index in [1.165, 1.54) is 0 Å². The van der Waals surface area contributed by atoms with E-state index in [-0.39, 0.29) is 6.61 Å². The molecule has 3 aromatic rings. The molecule has 3 aromatic carbocycles. The van der Waals surface area contributed by atoms with Crippen molar-refractivity contribution < 1.29 is 14.3 Å². The molecule has 0 aliphatic rings. The molecule has 0 radical (unpaired) electrons. The monoisotopic (exact) mass is 382 g/mol. The highest BCUT2D eigenvalue weighted by Gasteiger charge is 2.09. The van der Waals surface area contributed by atoms with Crippen LogP contribution < -0.4 is 9.47 Å². The summed E-state index contributed by atoms with van der Waals surface area (Å²) in [6.07, 6.45) is 0. The van der Waals surface area contributed by atoms with Gasteiger partial charge in [-0.25, -0.2) is 4.79 Å². The second kappa shape index (κ2) is 7.79. The molecule has 0 saturated carbocycles. The second-order valence-electron chi connectivity index (χ2n) is 5.09. The summed E-state index contributed by atoms with van der Waals surface area (Å²) in [7, 11) is 0. The minimum Gasteiger partial charge on any atom is -0.481 e. The Morgan fingerprint density at radius 2 is 1.50 bits per heavy atom. The van der Waals surface area contributed by atoms with Crippen LogP contribution in [0.4, 0.5) is 0 Å². The third-order valence-corrected chi connectivity index (χ3v) is 3.98. The van der Waals surface area contributed by atoms with Gasteiger partial charge in [0.05, 0.1) is 4.47 Å². The lowest BCUT2D eigenvalue weighted by molar-refractivity contribution is -0.136. The van der Waals surface area contributed by atoms with E-state index in [4.69, 9.17) is 9.47 Å². The standard InChI is InChI=1S/C20H15BrO3/c21-18-13-16(15-7-3-1-4-8-15)11-12-19(18)23-14-20(22)24-17-9-5-2-6-10-17/h1-13H,14H2. The van der Waals surface area contributed by atoms with E-state index in [1.807, 2.05) is 66.7 Å². The fourth-order valence-corrected chi connectivity index (χ4v) is 2.71. The average molecular weight is 383 g/mol. The topological polar surface area (TPSA) is 35.5 Å². The summed E-state index contributed by atoms with van der Waals surface area (Å²) in [5.74, 6) is 0.657. The van der Waals surface area contributed by atoms with Crippen LogP contribution in [0.15, 0.2) is 83.3 Å². The van der Waals surface area contributed by atoms with Crippen LogP contribution in [0.2, 0.25) is 0 Å². The van der Waals surface area contributed by atoms with Gasteiger partial charge in [0.2, 0.25) is 0 Å². The van der Waals surface area contributed by atoms with Crippen molar-refractivity contribution in [2.75, 3.05) is 6.61 Å². The van der Waals surface area contributed by atoms with Crippen molar-refractivity contribution >= 4 is 21.9 Å². The number of halogens is 1. The van der Waals surface area contributed by atoms with Crippen LogP contribution in [-0.4, -0.2) is 12.6 Å². The van der Waals surface area contributed by atoms with Gasteiger partial charge in [-0.3, -0.25) is 0 Å². The van der Waals surface area contributed by atoms with Crippen molar-refractivity contribution in [1.82, 2.24) is 0 Å². The van der Waals surface area contributed by atoms with Gasteiger partial charge >= 0.3 is 5.97 Å². The average Bonchev–Trinajstić information content (AvgIpc) is 2.62. The molecule has 0 N–H and O–H groups in total. The molecule has 0 aliphatic carbocycles. The Hall–Kier alpha value is -2.59. The van der Waals surface area contributed by atoms with Crippen LogP contribution >= 0.6 is 15.9 Å². The first-order valence-corrected chi connectivity index (χ1v) is 8.25. The maximum atomic E-state index is 11.8. The van der Waals surface area contributed by atoms with Crippen molar-refractivity contribution in [3.05, 3.63) is 83.3 Å². The van der Waals surface area contributed by atoms with Crippen LogP contribution in [-0.2, 0) is 4.79 Å². The molecule has 0 bridgehead atoms. The molecule has 0 aliphatic heterocycles. The largest absolute Gasteiger partial charge is 0.481 e. The molecule has 0 amide bonds. The zero-order chi connectivity index (χ0) is 16.8. The molecule has 0 aromatic heterocycles. The minimum absolute atomic E-state index is 0.155. The van der Waals surface area contributed by atoms with E-state index in [0.717, 1.165) is 15.6 Å². The summed E-state index contributed by atoms with van der Waals surface area (Å²) in [4.78, 5) is 11.8. The molecule has 0 saturated heterocycles. The number of rotatable bonds is 5. The van der Waals surface area contributed by atoms with E-state index in [0.29, 0.717) is 11.5 Å². The van der Waals surface area contributed by atoms with E-state index in [9.17, 15) is 4.79 Å². The molecule has 24 heavy (non-hydrogen) atoms. The molecule has 0 atom stereocenters. The molecule has 0 unspecified atom stereocenters. The van der Waals surface area contributed by atoms with Gasteiger partial charge in [-0.1, -0.05) is 54.6 Å². The van der Waals surface area contributed by atoms with Crippen molar-refractivity contribution in [2.24, 2.45) is 0 Å². The van der Waals surface area contributed by atoms with Crippen molar-refractivity contribution in [2.45, 2.75) is 0 Å².